The van der Waals surface area contributed by atoms with Gasteiger partial charge in [-0.3, -0.25) is 9.59 Å². The minimum Gasteiger partial charge on any atom is -0.512 e. The number of benzene rings is 4. The second-order valence-corrected chi connectivity index (χ2v) is 16.5. The fourth-order valence-electron chi connectivity index (χ4n) is 7.89. The van der Waals surface area contributed by atoms with Crippen LogP contribution in [0.3, 0.4) is 0 Å². The van der Waals surface area contributed by atoms with Crippen molar-refractivity contribution in [3.05, 3.63) is 121 Å². The van der Waals surface area contributed by atoms with E-state index in [0.717, 1.165) is 69.5 Å². The van der Waals surface area contributed by atoms with E-state index in [1.807, 2.05) is 97.1 Å². The molecule has 12 nitrogen and oxygen atoms in total. The summed E-state index contributed by atoms with van der Waals surface area (Å²) >= 11 is 0. The SMILES string of the molecule is CCCCCCCC(O)=CC(C)=O.CCCCCCCC(O)=CC(C)=O.[Hf].c1ccc2c(c1)-c1nc-2nc2[n-]c(nc3nc(nc4[n-]c(n1)c1ccccc41)-c1ccccc1-3)c1ccccc21. The molecule has 9 rings (SSSR count). The van der Waals surface area contributed by atoms with E-state index in [1.165, 1.54) is 64.5 Å². The summed E-state index contributed by atoms with van der Waals surface area (Å²) in [5.74, 6) is 2.50. The minimum absolute atomic E-state index is 0. The third-order valence-electron chi connectivity index (χ3n) is 11.1. The van der Waals surface area contributed by atoms with Crippen molar-refractivity contribution in [1.82, 2.24) is 39.9 Å². The number of aromatic nitrogens is 8. The van der Waals surface area contributed by atoms with E-state index in [4.69, 9.17) is 39.9 Å². The van der Waals surface area contributed by atoms with Crippen molar-refractivity contribution >= 4 is 55.7 Å². The van der Waals surface area contributed by atoms with Crippen LogP contribution < -0.4 is 9.97 Å². The Morgan fingerprint density at radius 1 is 0.433 bits per heavy atom. The van der Waals surface area contributed by atoms with Gasteiger partial charge in [0.25, 0.3) is 0 Å². The molecule has 0 saturated carbocycles. The van der Waals surface area contributed by atoms with Gasteiger partial charge in [-0.2, -0.15) is 0 Å². The number of hydrogen-bond donors (Lipinski definition) is 2. The molecule has 5 heterocycles. The number of carbonyl (C=O) groups is 2. The number of unbranched alkanes of at least 4 members (excludes halogenated alkanes) is 8. The first kappa shape index (κ1) is 50.0. The third kappa shape index (κ3) is 12.9. The predicted octanol–water partition coefficient (Wildman–Crippen LogP) is 12.9. The van der Waals surface area contributed by atoms with Crippen LogP contribution in [0, 0.1) is 0 Å². The van der Waals surface area contributed by atoms with Crippen LogP contribution in [0.2, 0.25) is 0 Å². The monoisotopic (exact) mass is 1060 g/mol. The molecule has 13 heteroatoms. The summed E-state index contributed by atoms with van der Waals surface area (Å²) in [6.45, 7) is 7.25. The molecule has 0 aliphatic carbocycles. The Kier molecular flexibility index (Phi) is 18.1. The summed E-state index contributed by atoms with van der Waals surface area (Å²) < 4.78 is 0. The average molecular weight is 1060 g/mol. The molecule has 342 valence electrons. The Morgan fingerprint density at radius 2 is 0.701 bits per heavy atom. The molecule has 0 amide bonds. The maximum atomic E-state index is 10.6. The molecule has 0 spiro atoms. The van der Waals surface area contributed by atoms with Gasteiger partial charge in [-0.1, -0.05) is 162 Å². The van der Waals surface area contributed by atoms with Crippen molar-refractivity contribution in [1.29, 1.82) is 0 Å². The van der Waals surface area contributed by atoms with Crippen LogP contribution in [0.15, 0.2) is 121 Å². The molecule has 8 bridgehead atoms. The van der Waals surface area contributed by atoms with E-state index in [2.05, 4.69) is 13.8 Å². The minimum atomic E-state index is -0.0777. The molecule has 7 aromatic rings. The molecule has 2 N–H and O–H groups in total. The van der Waals surface area contributed by atoms with Gasteiger partial charge in [-0.15, -0.1) is 0 Å². The van der Waals surface area contributed by atoms with Crippen molar-refractivity contribution in [2.75, 3.05) is 0 Å². The Morgan fingerprint density at radius 3 is 0.970 bits per heavy atom. The summed E-state index contributed by atoms with van der Waals surface area (Å²) in [4.78, 5) is 60.4. The number of ketones is 2. The van der Waals surface area contributed by atoms with Crippen LogP contribution in [-0.2, 0) is 35.4 Å². The smallest absolute Gasteiger partial charge is 0.155 e. The first-order valence-electron chi connectivity index (χ1n) is 23.0. The summed E-state index contributed by atoms with van der Waals surface area (Å²) in [6.07, 6.45) is 15.6. The average Bonchev–Trinajstić information content (AvgIpc) is 4.05. The van der Waals surface area contributed by atoms with Crippen molar-refractivity contribution in [3.63, 3.8) is 0 Å². The van der Waals surface area contributed by atoms with Gasteiger partial charge in [0.15, 0.2) is 11.6 Å². The van der Waals surface area contributed by atoms with Gasteiger partial charge in [0.05, 0.1) is 34.8 Å². The predicted molar refractivity (Wildman–Crippen MR) is 264 cm³/mol. The van der Waals surface area contributed by atoms with Gasteiger partial charge in [0.1, 0.15) is 0 Å². The number of rotatable bonds is 14. The molecule has 2 aliphatic rings. The second kappa shape index (κ2) is 24.3. The molecule has 67 heavy (non-hydrogen) atoms. The summed E-state index contributed by atoms with van der Waals surface area (Å²) in [5, 5.41) is 22.0. The van der Waals surface area contributed by atoms with Gasteiger partial charge in [0, 0.05) is 95.7 Å². The van der Waals surface area contributed by atoms with Gasteiger partial charge in [0.2, 0.25) is 0 Å². The Labute approximate surface area is 410 Å². The van der Waals surface area contributed by atoms with E-state index in [1.54, 1.807) is 0 Å². The number of nitrogens with zero attached hydrogens (tertiary/aromatic N) is 8. The maximum absolute atomic E-state index is 10.6. The van der Waals surface area contributed by atoms with Crippen LogP contribution in [0.25, 0.3) is 89.7 Å². The number of fused-ring (bicyclic) bond motifs is 20. The molecule has 2 aliphatic heterocycles. The number of aliphatic hydroxyl groups is 2. The summed E-state index contributed by atoms with van der Waals surface area (Å²) in [7, 11) is 0. The first-order chi connectivity index (χ1) is 32.1. The van der Waals surface area contributed by atoms with E-state index >= 15 is 0 Å². The molecular formula is C54H56HfN8O4-2. The number of carbonyl (C=O) groups excluding carboxylic acids is 2. The van der Waals surface area contributed by atoms with Crippen molar-refractivity contribution in [3.8, 4) is 45.6 Å². The number of aliphatic hydroxyl groups excluding tert-OH is 2. The van der Waals surface area contributed by atoms with E-state index in [9.17, 15) is 19.8 Å². The van der Waals surface area contributed by atoms with E-state index < -0.39 is 0 Å². The molecule has 0 atom stereocenters. The topological polar surface area (TPSA) is 180 Å². The normalized spacial score (nSPS) is 11.7. The molecule has 0 radical (unpaired) electrons. The molecule has 0 fully saturated rings. The summed E-state index contributed by atoms with van der Waals surface area (Å²) in [5.41, 5.74) is 5.78. The van der Waals surface area contributed by atoms with Gasteiger partial charge >= 0.3 is 0 Å². The van der Waals surface area contributed by atoms with Crippen molar-refractivity contribution in [2.24, 2.45) is 0 Å². The Hall–Kier alpha value is -6.47. The molecule has 4 aromatic carbocycles. The van der Waals surface area contributed by atoms with Crippen LogP contribution in [-0.4, -0.2) is 51.7 Å². The van der Waals surface area contributed by atoms with Gasteiger partial charge in [-0.05, 0) is 48.2 Å². The molecular weight excluding hydrogens is 1000 g/mol. The second-order valence-electron chi connectivity index (χ2n) is 16.5. The first-order valence-corrected chi connectivity index (χ1v) is 23.0. The zero-order valence-corrected chi connectivity index (χ0v) is 42.3. The fourth-order valence-corrected chi connectivity index (χ4v) is 7.89. The van der Waals surface area contributed by atoms with Gasteiger partial charge < -0.3 is 40.1 Å². The third-order valence-corrected chi connectivity index (χ3v) is 11.1. The van der Waals surface area contributed by atoms with Crippen LogP contribution in [0.1, 0.15) is 105 Å². The number of hydrogen-bond acceptors (Lipinski definition) is 10. The largest absolute Gasteiger partial charge is 0.512 e. The van der Waals surface area contributed by atoms with Crippen molar-refractivity contribution < 1.29 is 45.6 Å². The van der Waals surface area contributed by atoms with E-state index in [-0.39, 0.29) is 48.9 Å². The Bertz CT molecular complexity index is 2720. The maximum Gasteiger partial charge on any atom is 0.155 e. The van der Waals surface area contributed by atoms with E-state index in [0.29, 0.717) is 58.7 Å². The molecule has 0 unspecified atom stereocenters. The molecule has 0 saturated heterocycles. The zero-order valence-electron chi connectivity index (χ0n) is 38.7. The Balaban J connectivity index is 0.000000229. The molecule has 3 aromatic heterocycles. The van der Waals surface area contributed by atoms with Crippen LogP contribution >= 0.6 is 0 Å². The van der Waals surface area contributed by atoms with Crippen molar-refractivity contribution in [2.45, 2.75) is 105 Å². The standard InChI is InChI=1S/C32H16N8.2C11H20O2.Hf/c1-2-10-18-17(9-1)25-33-26(18)38-28-21-13-5-6-14-22(21)30(35-28)40-32-24-16-8-7-15-23(24)31(36-32)39-29-20-12-4-3-11-19(20)27(34-29)37-25;2*1-3-4-5-6-7-8-11(13)9-10(2)12;/h1-16H;2*9,13H,3-8H2,1-2H3;/q-2;;;. The fraction of sp³-hybridized carbons (Fsp3) is 0.296. The van der Waals surface area contributed by atoms with Crippen LogP contribution in [0.5, 0.6) is 0 Å². The van der Waals surface area contributed by atoms with Gasteiger partial charge in [-0.25, -0.2) is 9.97 Å². The zero-order chi connectivity index (χ0) is 46.4. The van der Waals surface area contributed by atoms with Crippen LogP contribution in [0.4, 0.5) is 0 Å². The summed E-state index contributed by atoms with van der Waals surface area (Å²) in [6, 6.07) is 31.8. The quantitative estimate of drug-likeness (QED) is 0.0456. The number of allylic oxidation sites excluding steroid dienone is 4.